The molecule has 2 heterocycles. The first-order chi connectivity index (χ1) is 13.7. The molecule has 2 aromatic heterocycles. The number of aromatic nitrogens is 5. The molecule has 1 amide bonds. The zero-order valence-corrected chi connectivity index (χ0v) is 15.5. The van der Waals surface area contributed by atoms with Crippen LogP contribution in [0.3, 0.4) is 0 Å². The molecule has 0 aliphatic rings. The highest BCUT2D eigenvalue weighted by Crippen LogP contribution is 2.13. The minimum atomic E-state index is -0.0656. The topological polar surface area (TPSA) is 68.8 Å². The summed E-state index contributed by atoms with van der Waals surface area (Å²) in [4.78, 5) is 19.0. The molecule has 0 bridgehead atoms. The van der Waals surface area contributed by atoms with E-state index in [1.54, 1.807) is 35.4 Å². The fourth-order valence-electron chi connectivity index (χ4n) is 3.05. The molecule has 0 aliphatic carbocycles. The monoisotopic (exact) mass is 372 g/mol. The number of benzene rings is 2. The maximum absolute atomic E-state index is 12.9. The second kappa shape index (κ2) is 7.87. The van der Waals surface area contributed by atoms with Gasteiger partial charge in [-0.3, -0.25) is 9.36 Å². The summed E-state index contributed by atoms with van der Waals surface area (Å²) in [5, 5.41) is 7.62. The lowest BCUT2D eigenvalue weighted by atomic mass is 10.1. The van der Waals surface area contributed by atoms with Crippen molar-refractivity contribution in [2.24, 2.45) is 0 Å². The Labute approximate surface area is 162 Å². The van der Waals surface area contributed by atoms with Gasteiger partial charge in [-0.25, -0.2) is 4.98 Å². The Morgan fingerprint density at radius 2 is 1.82 bits per heavy atom. The van der Waals surface area contributed by atoms with E-state index in [2.05, 4.69) is 31.9 Å². The van der Waals surface area contributed by atoms with Gasteiger partial charge in [0.25, 0.3) is 5.91 Å². The third-order valence-corrected chi connectivity index (χ3v) is 4.53. The van der Waals surface area contributed by atoms with Gasteiger partial charge in [-0.15, -0.1) is 10.2 Å². The van der Waals surface area contributed by atoms with Crippen molar-refractivity contribution in [1.29, 1.82) is 0 Å². The molecule has 7 nitrogen and oxygen atoms in total. The summed E-state index contributed by atoms with van der Waals surface area (Å²) in [7, 11) is 1.79. The van der Waals surface area contributed by atoms with Gasteiger partial charge in [0.15, 0.2) is 0 Å². The van der Waals surface area contributed by atoms with E-state index in [0.717, 1.165) is 18.1 Å². The number of imidazole rings is 1. The van der Waals surface area contributed by atoms with Crippen LogP contribution in [0.15, 0.2) is 79.6 Å². The average Bonchev–Trinajstić information content (AvgIpc) is 3.41. The zero-order valence-electron chi connectivity index (χ0n) is 15.5. The van der Waals surface area contributed by atoms with Crippen LogP contribution in [-0.4, -0.2) is 42.2 Å². The van der Waals surface area contributed by atoms with Crippen LogP contribution in [0, 0.1) is 0 Å². The number of carbonyl (C=O) groups excluding carboxylic acids is 1. The molecule has 140 valence electrons. The molecule has 0 atom stereocenters. The van der Waals surface area contributed by atoms with Crippen molar-refractivity contribution in [1.82, 2.24) is 29.2 Å². The van der Waals surface area contributed by atoms with E-state index in [0.29, 0.717) is 12.1 Å². The molecule has 0 saturated heterocycles. The van der Waals surface area contributed by atoms with E-state index in [1.807, 2.05) is 48.7 Å². The third-order valence-electron chi connectivity index (χ3n) is 4.53. The van der Waals surface area contributed by atoms with Crippen LogP contribution in [-0.2, 0) is 13.1 Å². The molecule has 0 fully saturated rings. The lowest BCUT2D eigenvalue weighted by Gasteiger charge is -2.18. The van der Waals surface area contributed by atoms with E-state index in [9.17, 15) is 4.79 Å². The normalized spacial score (nSPS) is 10.8. The first-order valence-electron chi connectivity index (χ1n) is 8.95. The molecule has 4 rings (SSSR count). The summed E-state index contributed by atoms with van der Waals surface area (Å²) in [6.45, 7) is 1.15. The van der Waals surface area contributed by atoms with Crippen molar-refractivity contribution in [2.45, 2.75) is 13.1 Å². The quantitative estimate of drug-likeness (QED) is 0.522. The molecule has 0 saturated carbocycles. The number of nitrogens with zero attached hydrogens (tertiary/aromatic N) is 6. The fourth-order valence-corrected chi connectivity index (χ4v) is 3.05. The van der Waals surface area contributed by atoms with Crippen molar-refractivity contribution in [2.75, 3.05) is 7.05 Å². The summed E-state index contributed by atoms with van der Waals surface area (Å²) in [5.74, 6) is 0.777. The van der Waals surface area contributed by atoms with Gasteiger partial charge in [0.05, 0.1) is 6.54 Å². The lowest BCUT2D eigenvalue weighted by molar-refractivity contribution is 0.0780. The predicted molar refractivity (Wildman–Crippen MR) is 105 cm³/mol. The predicted octanol–water partition coefficient (Wildman–Crippen LogP) is 2.78. The maximum Gasteiger partial charge on any atom is 0.254 e. The third kappa shape index (κ3) is 3.83. The van der Waals surface area contributed by atoms with Crippen LogP contribution < -0.4 is 0 Å². The Bertz CT molecular complexity index is 1060. The number of amides is 1. The van der Waals surface area contributed by atoms with Crippen LogP contribution in [0.4, 0.5) is 0 Å². The summed E-state index contributed by atoms with van der Waals surface area (Å²) < 4.78 is 3.83. The Morgan fingerprint density at radius 3 is 2.61 bits per heavy atom. The molecule has 0 unspecified atom stereocenters. The van der Waals surface area contributed by atoms with Crippen LogP contribution >= 0.6 is 0 Å². The largest absolute Gasteiger partial charge is 0.334 e. The summed E-state index contributed by atoms with van der Waals surface area (Å²) >= 11 is 0. The molecule has 0 spiro atoms. The second-order valence-corrected chi connectivity index (χ2v) is 6.54. The van der Waals surface area contributed by atoms with Gasteiger partial charge in [-0.1, -0.05) is 36.4 Å². The second-order valence-electron chi connectivity index (χ2n) is 6.54. The minimum absolute atomic E-state index is 0.0656. The van der Waals surface area contributed by atoms with Gasteiger partial charge in [-0.2, -0.15) is 0 Å². The van der Waals surface area contributed by atoms with Crippen molar-refractivity contribution in [3.8, 4) is 5.69 Å². The molecule has 4 aromatic rings. The van der Waals surface area contributed by atoms with Gasteiger partial charge in [-0.05, 0) is 23.8 Å². The summed E-state index contributed by atoms with van der Waals surface area (Å²) in [5.41, 5.74) is 2.64. The Morgan fingerprint density at radius 1 is 1.04 bits per heavy atom. The van der Waals surface area contributed by atoms with Crippen molar-refractivity contribution >= 4 is 5.91 Å². The van der Waals surface area contributed by atoms with E-state index >= 15 is 0 Å². The molecular weight excluding hydrogens is 352 g/mol. The van der Waals surface area contributed by atoms with Crippen LogP contribution in [0.2, 0.25) is 0 Å². The van der Waals surface area contributed by atoms with Gasteiger partial charge in [0, 0.05) is 37.2 Å². The minimum Gasteiger partial charge on any atom is -0.334 e. The Balaban J connectivity index is 1.49. The molecule has 0 radical (unpaired) electrons. The van der Waals surface area contributed by atoms with Crippen molar-refractivity contribution < 1.29 is 4.79 Å². The van der Waals surface area contributed by atoms with Gasteiger partial charge in [0.1, 0.15) is 18.5 Å². The number of hydrogen-bond donors (Lipinski definition) is 0. The average molecular weight is 372 g/mol. The van der Waals surface area contributed by atoms with E-state index in [4.69, 9.17) is 0 Å². The highest BCUT2D eigenvalue weighted by Gasteiger charge is 2.15. The van der Waals surface area contributed by atoms with Crippen molar-refractivity contribution in [3.63, 3.8) is 0 Å². The van der Waals surface area contributed by atoms with Crippen LogP contribution in [0.5, 0.6) is 0 Å². The zero-order chi connectivity index (χ0) is 19.3. The number of hydrogen-bond acceptors (Lipinski definition) is 4. The van der Waals surface area contributed by atoms with E-state index in [1.165, 1.54) is 5.56 Å². The van der Waals surface area contributed by atoms with Gasteiger partial charge < -0.3 is 9.47 Å². The van der Waals surface area contributed by atoms with Crippen LogP contribution in [0.25, 0.3) is 5.69 Å². The molecule has 7 heteroatoms. The van der Waals surface area contributed by atoms with Gasteiger partial charge in [0.2, 0.25) is 0 Å². The summed E-state index contributed by atoms with van der Waals surface area (Å²) in [6.07, 6.45) is 6.91. The highest BCUT2D eigenvalue weighted by molar-refractivity contribution is 5.94. The molecule has 2 aromatic carbocycles. The van der Waals surface area contributed by atoms with Crippen LogP contribution in [0.1, 0.15) is 21.7 Å². The standard InChI is InChI=1S/C21H20N6O/c1-25(14-20-22-10-11-26(20)13-17-6-3-2-4-7-17)21(28)18-8-5-9-19(12-18)27-15-23-24-16-27/h2-12,15-16H,13-14H2,1H3. The van der Waals surface area contributed by atoms with Crippen molar-refractivity contribution in [3.05, 3.63) is 96.6 Å². The Hall–Kier alpha value is -3.74. The summed E-state index contributed by atoms with van der Waals surface area (Å²) in [6, 6.07) is 17.6. The number of carbonyl (C=O) groups is 1. The molecule has 0 N–H and O–H groups in total. The molecular formula is C21H20N6O. The molecule has 0 aliphatic heterocycles. The first-order valence-corrected chi connectivity index (χ1v) is 8.95. The van der Waals surface area contributed by atoms with Gasteiger partial charge >= 0.3 is 0 Å². The van der Waals surface area contributed by atoms with E-state index in [-0.39, 0.29) is 5.91 Å². The SMILES string of the molecule is CN(Cc1nccn1Cc1ccccc1)C(=O)c1cccc(-n2cnnc2)c1. The smallest absolute Gasteiger partial charge is 0.254 e. The fraction of sp³-hybridized carbons (Fsp3) is 0.143. The molecule has 28 heavy (non-hydrogen) atoms. The Kier molecular flexibility index (Phi) is 4.97. The lowest BCUT2D eigenvalue weighted by Crippen LogP contribution is -2.28. The highest BCUT2D eigenvalue weighted by atomic mass is 16.2. The van der Waals surface area contributed by atoms with E-state index < -0.39 is 0 Å². The first kappa shape index (κ1) is 17.7. The number of rotatable bonds is 6. The maximum atomic E-state index is 12.9.